The Hall–Kier alpha value is -1.92. The van der Waals surface area contributed by atoms with Crippen LogP contribution in [0.15, 0.2) is 24.4 Å². The smallest absolute Gasteiger partial charge is 0.271 e. The molecule has 0 spiro atoms. The first-order valence-corrected chi connectivity index (χ1v) is 7.41. The molecule has 0 radical (unpaired) electrons. The van der Waals surface area contributed by atoms with Crippen LogP contribution in [0.1, 0.15) is 25.8 Å². The Labute approximate surface area is 128 Å². The number of benzene rings is 1. The molecule has 1 aromatic heterocycles. The monoisotopic (exact) mass is 304 g/mol. The lowest BCUT2D eigenvalue weighted by atomic mass is 10.2. The van der Waals surface area contributed by atoms with Crippen LogP contribution in [0.5, 0.6) is 0 Å². The van der Waals surface area contributed by atoms with Crippen LogP contribution in [0.25, 0.3) is 10.9 Å². The molecular weight excluding hydrogens is 284 g/mol. The van der Waals surface area contributed by atoms with Crippen molar-refractivity contribution in [3.05, 3.63) is 40.1 Å². The number of aromatic nitrogens is 1. The van der Waals surface area contributed by atoms with Crippen molar-refractivity contribution in [1.29, 1.82) is 0 Å². The number of nitro benzene ring substituents is 1. The summed E-state index contributed by atoms with van der Waals surface area (Å²) >= 11 is 0. The summed E-state index contributed by atoms with van der Waals surface area (Å²) in [5.41, 5.74) is 2.13. The molecule has 0 bridgehead atoms. The fourth-order valence-corrected chi connectivity index (χ4v) is 2.95. The van der Waals surface area contributed by atoms with E-state index in [0.29, 0.717) is 6.61 Å². The fourth-order valence-electron chi connectivity index (χ4n) is 2.95. The van der Waals surface area contributed by atoms with Gasteiger partial charge >= 0.3 is 0 Å². The van der Waals surface area contributed by atoms with Crippen LogP contribution in [0, 0.1) is 17.0 Å². The molecule has 1 fully saturated rings. The molecule has 1 saturated heterocycles. The summed E-state index contributed by atoms with van der Waals surface area (Å²) in [4.78, 5) is 10.6. The molecule has 0 N–H and O–H groups in total. The van der Waals surface area contributed by atoms with Gasteiger partial charge in [-0.05, 0) is 38.8 Å². The lowest BCUT2D eigenvalue weighted by Gasteiger charge is -2.17. The Morgan fingerprint density at radius 3 is 2.86 bits per heavy atom. The number of hydrogen-bond donors (Lipinski definition) is 0. The van der Waals surface area contributed by atoms with Crippen LogP contribution < -0.4 is 0 Å². The maximum atomic E-state index is 11.0. The zero-order valence-electron chi connectivity index (χ0n) is 13.0. The van der Waals surface area contributed by atoms with Crippen molar-refractivity contribution in [2.24, 2.45) is 0 Å². The predicted octanol–water partition coefficient (Wildman–Crippen LogP) is 3.40. The summed E-state index contributed by atoms with van der Waals surface area (Å²) in [5, 5.41) is 12.0. The van der Waals surface area contributed by atoms with Gasteiger partial charge in [-0.15, -0.1) is 0 Å². The molecule has 0 unspecified atom stereocenters. The van der Waals surface area contributed by atoms with Gasteiger partial charge in [0.25, 0.3) is 5.69 Å². The molecule has 22 heavy (non-hydrogen) atoms. The molecule has 6 heteroatoms. The molecular formula is C16H20N2O4. The first-order valence-electron chi connectivity index (χ1n) is 7.41. The van der Waals surface area contributed by atoms with Gasteiger partial charge in [0.15, 0.2) is 5.79 Å². The second-order valence-corrected chi connectivity index (χ2v) is 6.20. The Kier molecular flexibility index (Phi) is 3.66. The second kappa shape index (κ2) is 5.37. The van der Waals surface area contributed by atoms with Crippen LogP contribution in [0.4, 0.5) is 5.69 Å². The minimum absolute atomic E-state index is 0.0615. The minimum atomic E-state index is -0.516. The van der Waals surface area contributed by atoms with Crippen molar-refractivity contribution in [2.45, 2.75) is 45.6 Å². The molecule has 0 saturated carbocycles. The Balaban J connectivity index is 1.81. The van der Waals surface area contributed by atoms with Gasteiger partial charge in [-0.2, -0.15) is 0 Å². The van der Waals surface area contributed by atoms with Crippen molar-refractivity contribution >= 4 is 16.6 Å². The lowest BCUT2D eigenvalue weighted by molar-refractivity contribution is -0.384. The Morgan fingerprint density at radius 2 is 2.23 bits per heavy atom. The Morgan fingerprint density at radius 1 is 1.45 bits per heavy atom. The third kappa shape index (κ3) is 2.84. The van der Waals surface area contributed by atoms with Crippen LogP contribution in [0.3, 0.4) is 0 Å². The number of ether oxygens (including phenoxy) is 2. The van der Waals surface area contributed by atoms with E-state index in [-0.39, 0.29) is 16.7 Å². The standard InChI is InChI=1S/C16H20N2O4/c1-11-9-17(7-6-13-10-21-16(2,3)22-13)15-8-12(18(19)20)4-5-14(11)15/h4-5,8-9,13H,6-7,10H2,1-3H3/t13-/m0/s1. The largest absolute Gasteiger partial charge is 0.348 e. The number of hydrogen-bond acceptors (Lipinski definition) is 4. The van der Waals surface area contributed by atoms with E-state index in [4.69, 9.17) is 9.47 Å². The first-order chi connectivity index (χ1) is 10.4. The average Bonchev–Trinajstić information content (AvgIpc) is 2.96. The number of nitrogens with zero attached hydrogens (tertiary/aromatic N) is 2. The maximum Gasteiger partial charge on any atom is 0.271 e. The van der Waals surface area contributed by atoms with E-state index in [1.807, 2.05) is 33.0 Å². The van der Waals surface area contributed by atoms with E-state index >= 15 is 0 Å². The van der Waals surface area contributed by atoms with E-state index in [2.05, 4.69) is 4.57 Å². The van der Waals surface area contributed by atoms with E-state index in [1.54, 1.807) is 12.1 Å². The van der Waals surface area contributed by atoms with E-state index in [1.165, 1.54) is 0 Å². The molecule has 3 rings (SSSR count). The number of fused-ring (bicyclic) bond motifs is 1. The van der Waals surface area contributed by atoms with Gasteiger partial charge in [-0.25, -0.2) is 0 Å². The summed E-state index contributed by atoms with van der Waals surface area (Å²) in [6, 6.07) is 5.01. The predicted molar refractivity (Wildman–Crippen MR) is 82.9 cm³/mol. The van der Waals surface area contributed by atoms with Gasteiger partial charge in [0.1, 0.15) is 0 Å². The Bertz CT molecular complexity index is 720. The minimum Gasteiger partial charge on any atom is -0.348 e. The van der Waals surface area contributed by atoms with Gasteiger partial charge in [0, 0.05) is 30.3 Å². The third-order valence-electron chi connectivity index (χ3n) is 4.04. The summed E-state index contributed by atoms with van der Waals surface area (Å²) < 4.78 is 13.4. The quantitative estimate of drug-likeness (QED) is 0.641. The van der Waals surface area contributed by atoms with E-state index < -0.39 is 5.79 Å². The molecule has 1 atom stereocenters. The highest BCUT2D eigenvalue weighted by Crippen LogP contribution is 2.28. The molecule has 6 nitrogen and oxygen atoms in total. The normalized spacial score (nSPS) is 20.6. The number of nitro groups is 1. The number of non-ortho nitro benzene ring substituents is 1. The van der Waals surface area contributed by atoms with Crippen LogP contribution in [-0.4, -0.2) is 28.0 Å². The fraction of sp³-hybridized carbons (Fsp3) is 0.500. The SMILES string of the molecule is Cc1cn(CC[C@H]2COC(C)(C)O2)c2cc([N+](=O)[O-])ccc12. The molecule has 1 aliphatic rings. The molecule has 2 aromatic rings. The van der Waals surface area contributed by atoms with Crippen LogP contribution in [0.2, 0.25) is 0 Å². The topological polar surface area (TPSA) is 66.5 Å². The molecule has 0 amide bonds. The van der Waals surface area contributed by atoms with Crippen molar-refractivity contribution in [3.63, 3.8) is 0 Å². The number of aryl methyl sites for hydroxylation is 2. The van der Waals surface area contributed by atoms with Crippen molar-refractivity contribution in [3.8, 4) is 0 Å². The highest BCUT2D eigenvalue weighted by Gasteiger charge is 2.32. The zero-order valence-corrected chi connectivity index (χ0v) is 13.0. The molecule has 118 valence electrons. The molecule has 1 aliphatic heterocycles. The molecule has 0 aliphatic carbocycles. The van der Waals surface area contributed by atoms with Crippen molar-refractivity contribution in [2.75, 3.05) is 6.61 Å². The second-order valence-electron chi connectivity index (χ2n) is 6.20. The van der Waals surface area contributed by atoms with Gasteiger partial charge in [-0.3, -0.25) is 10.1 Å². The number of rotatable bonds is 4. The summed E-state index contributed by atoms with van der Waals surface area (Å²) in [6.45, 7) is 7.17. The highest BCUT2D eigenvalue weighted by molar-refractivity contribution is 5.85. The average molecular weight is 304 g/mol. The van der Waals surface area contributed by atoms with Gasteiger partial charge in [0.05, 0.1) is 23.2 Å². The van der Waals surface area contributed by atoms with Crippen molar-refractivity contribution < 1.29 is 14.4 Å². The van der Waals surface area contributed by atoms with Crippen LogP contribution >= 0.6 is 0 Å². The van der Waals surface area contributed by atoms with Gasteiger partial charge in [0.2, 0.25) is 0 Å². The van der Waals surface area contributed by atoms with Gasteiger partial charge in [-0.1, -0.05) is 0 Å². The van der Waals surface area contributed by atoms with E-state index in [9.17, 15) is 10.1 Å². The highest BCUT2D eigenvalue weighted by atomic mass is 16.7. The third-order valence-corrected chi connectivity index (χ3v) is 4.04. The van der Waals surface area contributed by atoms with E-state index in [0.717, 1.165) is 29.4 Å². The lowest BCUT2D eigenvalue weighted by Crippen LogP contribution is -2.22. The van der Waals surface area contributed by atoms with Gasteiger partial charge < -0.3 is 14.0 Å². The molecule has 2 heterocycles. The first kappa shape index (κ1) is 15.0. The zero-order chi connectivity index (χ0) is 15.9. The van der Waals surface area contributed by atoms with Crippen molar-refractivity contribution in [1.82, 2.24) is 4.57 Å². The molecule has 1 aromatic carbocycles. The summed E-state index contributed by atoms with van der Waals surface area (Å²) in [7, 11) is 0. The van der Waals surface area contributed by atoms with Crippen LogP contribution in [-0.2, 0) is 16.0 Å². The summed E-state index contributed by atoms with van der Waals surface area (Å²) in [6.07, 6.45) is 2.91. The summed E-state index contributed by atoms with van der Waals surface area (Å²) in [5.74, 6) is -0.516. The maximum absolute atomic E-state index is 11.0.